The minimum atomic E-state index is -0.903. The number of alkyl halides is 1. The van der Waals surface area contributed by atoms with Crippen LogP contribution >= 0.6 is 22.6 Å². The molecule has 1 aliphatic heterocycles. The quantitative estimate of drug-likeness (QED) is 0.366. The van der Waals surface area contributed by atoms with Gasteiger partial charge >= 0.3 is 0 Å². The number of imidazole rings is 1. The third-order valence-corrected chi connectivity index (χ3v) is 4.18. The topological polar surface area (TPSA) is 134 Å². The van der Waals surface area contributed by atoms with Gasteiger partial charge < -0.3 is 21.1 Å². The van der Waals surface area contributed by atoms with E-state index in [2.05, 4.69) is 15.0 Å². The number of halogens is 1. The molecule has 0 spiro atoms. The third kappa shape index (κ3) is 1.91. The molecule has 19 heavy (non-hydrogen) atoms. The summed E-state index contributed by atoms with van der Waals surface area (Å²) in [6.07, 6.45) is 1.56. The van der Waals surface area contributed by atoms with Crippen molar-refractivity contribution in [3.05, 3.63) is 6.33 Å². The lowest BCUT2D eigenvalue weighted by molar-refractivity contribution is -0.284. The molecule has 10 heteroatoms. The van der Waals surface area contributed by atoms with Gasteiger partial charge in [-0.3, -0.25) is 0 Å². The third-order valence-electron chi connectivity index (χ3n) is 2.94. The van der Waals surface area contributed by atoms with Crippen molar-refractivity contribution in [1.82, 2.24) is 19.5 Å². The molecule has 0 aromatic carbocycles. The van der Waals surface area contributed by atoms with Gasteiger partial charge in [-0.05, 0) is 22.6 Å². The highest BCUT2D eigenvalue weighted by Gasteiger charge is 2.46. The summed E-state index contributed by atoms with van der Waals surface area (Å²) in [5, 5.41) is 9.45. The average Bonchev–Trinajstić information content (AvgIpc) is 2.93. The van der Waals surface area contributed by atoms with Crippen molar-refractivity contribution in [3.63, 3.8) is 0 Å². The van der Waals surface area contributed by atoms with Crippen LogP contribution in [-0.2, 0) is 9.78 Å². The number of aromatic nitrogens is 4. The maximum absolute atomic E-state index is 9.45. The lowest BCUT2D eigenvalue weighted by atomic mass is 10.2. The van der Waals surface area contributed by atoms with Crippen LogP contribution in [0.4, 0.5) is 11.8 Å². The van der Waals surface area contributed by atoms with Gasteiger partial charge in [-0.1, -0.05) is 0 Å². The smallest absolute Gasteiger partial charge is 0.224 e. The fraction of sp³-hybridized carbons (Fsp3) is 0.444. The number of anilines is 2. The number of nitrogens with zero attached hydrogens (tertiary/aromatic N) is 4. The van der Waals surface area contributed by atoms with Crippen molar-refractivity contribution in [2.75, 3.05) is 24.7 Å². The minimum absolute atomic E-state index is 0.0645. The van der Waals surface area contributed by atoms with E-state index in [1.54, 1.807) is 10.9 Å². The van der Waals surface area contributed by atoms with Crippen LogP contribution in [0.25, 0.3) is 11.2 Å². The normalized spacial score (nSPS) is 27.2. The molecule has 0 saturated carbocycles. The fourth-order valence-electron chi connectivity index (χ4n) is 1.98. The van der Waals surface area contributed by atoms with Crippen molar-refractivity contribution in [3.8, 4) is 0 Å². The Kier molecular flexibility index (Phi) is 2.96. The van der Waals surface area contributed by atoms with E-state index in [1.807, 2.05) is 22.6 Å². The summed E-state index contributed by atoms with van der Waals surface area (Å²) in [7, 11) is 0. The van der Waals surface area contributed by atoms with Crippen molar-refractivity contribution in [1.29, 1.82) is 0 Å². The molecule has 0 amide bonds. The zero-order valence-corrected chi connectivity index (χ0v) is 11.8. The second kappa shape index (κ2) is 4.40. The first-order valence-electron chi connectivity index (χ1n) is 5.41. The number of aliphatic hydroxyl groups excluding tert-OH is 1. The first-order valence-corrected chi connectivity index (χ1v) is 6.49. The first kappa shape index (κ1) is 12.8. The molecule has 0 radical (unpaired) electrons. The number of hydrogen-bond donors (Lipinski definition) is 3. The van der Waals surface area contributed by atoms with Gasteiger partial charge in [0.1, 0.15) is 18.2 Å². The van der Waals surface area contributed by atoms with Crippen LogP contribution in [0, 0.1) is 0 Å². The highest BCUT2D eigenvalue weighted by molar-refractivity contribution is 14.1. The number of nitrogen functional groups attached to an aromatic ring is 2. The van der Waals surface area contributed by atoms with Gasteiger partial charge in [-0.15, -0.1) is 0 Å². The molecule has 1 fully saturated rings. The van der Waals surface area contributed by atoms with Gasteiger partial charge in [-0.2, -0.15) is 9.97 Å². The highest BCUT2D eigenvalue weighted by atomic mass is 127. The number of rotatable bonds is 2. The van der Waals surface area contributed by atoms with Crippen LogP contribution in [0.1, 0.15) is 6.04 Å². The van der Waals surface area contributed by atoms with Gasteiger partial charge in [0, 0.05) is 0 Å². The second-order valence-corrected chi connectivity index (χ2v) is 5.95. The number of fused-ring (bicyclic) bond motifs is 1. The number of aliphatic hydroxyl groups is 1. The van der Waals surface area contributed by atoms with E-state index in [0.29, 0.717) is 11.2 Å². The summed E-state index contributed by atoms with van der Waals surface area (Å²) in [6.45, 7) is 0.0483. The van der Waals surface area contributed by atoms with Crippen LogP contribution in [0.2, 0.25) is 0 Å². The molecule has 2 unspecified atom stereocenters. The van der Waals surface area contributed by atoms with E-state index in [9.17, 15) is 5.11 Å². The molecule has 0 aliphatic carbocycles. The van der Waals surface area contributed by atoms with Crippen LogP contribution in [0.3, 0.4) is 0 Å². The summed E-state index contributed by atoms with van der Waals surface area (Å²) in [5.41, 5.74) is 12.3. The lowest BCUT2D eigenvalue weighted by Crippen LogP contribution is -2.34. The number of nitrogens with two attached hydrogens (primary N) is 2. The molecular weight excluding hydrogens is 367 g/mol. The van der Waals surface area contributed by atoms with E-state index in [4.69, 9.17) is 21.2 Å². The predicted octanol–water partition coefficient (Wildman–Crippen LogP) is -0.383. The van der Waals surface area contributed by atoms with Crippen molar-refractivity contribution < 1.29 is 14.9 Å². The molecule has 3 rings (SSSR count). The lowest BCUT2D eigenvalue weighted by Gasteiger charge is -2.23. The summed E-state index contributed by atoms with van der Waals surface area (Å²) in [4.78, 5) is 22.2. The Morgan fingerprint density at radius 3 is 3.05 bits per heavy atom. The largest absolute Gasteiger partial charge is 0.392 e. The summed E-state index contributed by atoms with van der Waals surface area (Å²) < 4.78 is 0.819. The fourth-order valence-corrected chi connectivity index (χ4v) is 2.59. The summed E-state index contributed by atoms with van der Waals surface area (Å²) in [5.74, 6) is 0.277. The Morgan fingerprint density at radius 2 is 2.32 bits per heavy atom. The van der Waals surface area contributed by atoms with E-state index in [-0.39, 0.29) is 31.0 Å². The molecule has 0 bridgehead atoms. The molecule has 3 heterocycles. The standard InChI is InChI=1S/C9H11IN6O3/c10-9(2-17)4(1-18-19-9)16-3-13-5-6(11)14-8(12)15-7(5)16/h3-4,17H,1-2H2,(H4,11,12,14,15). The highest BCUT2D eigenvalue weighted by Crippen LogP contribution is 2.40. The van der Waals surface area contributed by atoms with E-state index in [0.717, 1.165) is 0 Å². The van der Waals surface area contributed by atoms with Gasteiger partial charge in [0.25, 0.3) is 0 Å². The minimum Gasteiger partial charge on any atom is -0.392 e. The van der Waals surface area contributed by atoms with Gasteiger partial charge in [0.15, 0.2) is 15.1 Å². The van der Waals surface area contributed by atoms with Crippen LogP contribution in [-0.4, -0.2) is 41.4 Å². The molecule has 102 valence electrons. The maximum atomic E-state index is 9.45. The molecule has 2 aromatic heterocycles. The molecular formula is C9H11IN6O3. The molecule has 2 aromatic rings. The second-order valence-electron chi connectivity index (χ2n) is 4.12. The molecule has 1 saturated heterocycles. The van der Waals surface area contributed by atoms with Gasteiger partial charge in [0.05, 0.1) is 12.9 Å². The zero-order valence-electron chi connectivity index (χ0n) is 9.65. The Balaban J connectivity index is 2.16. The van der Waals surface area contributed by atoms with Crippen molar-refractivity contribution >= 4 is 45.5 Å². The molecule has 5 N–H and O–H groups in total. The maximum Gasteiger partial charge on any atom is 0.224 e. The SMILES string of the molecule is Nc1nc(N)c2ncn(C3COOC3(I)CO)c2n1. The van der Waals surface area contributed by atoms with Crippen LogP contribution < -0.4 is 11.5 Å². The summed E-state index contributed by atoms with van der Waals surface area (Å²) in [6, 6.07) is -0.295. The van der Waals surface area contributed by atoms with Gasteiger partial charge in [-0.25, -0.2) is 14.8 Å². The number of hydrogen-bond acceptors (Lipinski definition) is 8. The van der Waals surface area contributed by atoms with Crippen LogP contribution in [0.5, 0.6) is 0 Å². The van der Waals surface area contributed by atoms with Crippen LogP contribution in [0.15, 0.2) is 6.33 Å². The summed E-state index contributed by atoms with van der Waals surface area (Å²) >= 11 is 1.99. The van der Waals surface area contributed by atoms with Gasteiger partial charge in [0.2, 0.25) is 5.95 Å². The Labute approximate surface area is 121 Å². The average molecular weight is 378 g/mol. The molecule has 1 aliphatic rings. The Morgan fingerprint density at radius 1 is 1.53 bits per heavy atom. The van der Waals surface area contributed by atoms with Crippen molar-refractivity contribution in [2.24, 2.45) is 0 Å². The van der Waals surface area contributed by atoms with Crippen molar-refractivity contribution in [2.45, 2.75) is 9.65 Å². The monoisotopic (exact) mass is 378 g/mol. The van der Waals surface area contributed by atoms with E-state index in [1.165, 1.54) is 0 Å². The molecule has 2 atom stereocenters. The Bertz CT molecular complexity index is 634. The van der Waals surface area contributed by atoms with E-state index < -0.39 is 3.61 Å². The first-order chi connectivity index (χ1) is 9.05. The predicted molar refractivity (Wildman–Crippen MR) is 74.1 cm³/mol. The zero-order chi connectivity index (χ0) is 13.6. The van der Waals surface area contributed by atoms with E-state index >= 15 is 0 Å². The molecule has 9 nitrogen and oxygen atoms in total. The Hall–Kier alpha value is -1.24.